The molecular formula is C77H130O17P2. The summed E-state index contributed by atoms with van der Waals surface area (Å²) in [6.07, 6.45) is 73.7. The van der Waals surface area contributed by atoms with Crippen molar-refractivity contribution in [3.8, 4) is 0 Å². The second-order valence-corrected chi connectivity index (χ2v) is 27.0. The first kappa shape index (κ1) is 91.5. The monoisotopic (exact) mass is 1390 g/mol. The number of rotatable bonds is 68. The number of ether oxygens (including phenoxy) is 4. The molecule has 0 aromatic heterocycles. The highest BCUT2D eigenvalue weighted by molar-refractivity contribution is 7.47. The molecule has 550 valence electrons. The van der Waals surface area contributed by atoms with Gasteiger partial charge in [-0.15, -0.1) is 0 Å². The van der Waals surface area contributed by atoms with Gasteiger partial charge in [0.05, 0.1) is 26.4 Å². The van der Waals surface area contributed by atoms with Gasteiger partial charge in [0.25, 0.3) is 0 Å². The van der Waals surface area contributed by atoms with Crippen LogP contribution in [0.1, 0.15) is 285 Å². The Labute approximate surface area is 581 Å². The van der Waals surface area contributed by atoms with E-state index in [2.05, 4.69) is 131 Å². The van der Waals surface area contributed by atoms with Gasteiger partial charge in [-0.1, -0.05) is 278 Å². The molecular weight excluding hydrogens is 1260 g/mol. The zero-order valence-electron chi connectivity index (χ0n) is 59.8. The highest BCUT2D eigenvalue weighted by Gasteiger charge is 2.30. The summed E-state index contributed by atoms with van der Waals surface area (Å²) in [5.41, 5.74) is 0. The number of allylic oxidation sites excluding steroid dienone is 20. The quantitative estimate of drug-likeness (QED) is 0.0169. The van der Waals surface area contributed by atoms with Crippen LogP contribution in [0.15, 0.2) is 122 Å². The van der Waals surface area contributed by atoms with Crippen LogP contribution in [-0.4, -0.2) is 96.7 Å². The Kier molecular flexibility index (Phi) is 65.7. The molecule has 0 saturated heterocycles. The van der Waals surface area contributed by atoms with Crippen molar-refractivity contribution in [2.75, 3.05) is 39.6 Å². The summed E-state index contributed by atoms with van der Waals surface area (Å²) in [4.78, 5) is 72.6. The van der Waals surface area contributed by atoms with Gasteiger partial charge in [0, 0.05) is 25.7 Å². The summed E-state index contributed by atoms with van der Waals surface area (Å²) in [6.45, 7) is 4.48. The number of phosphoric acid groups is 2. The third-order valence-corrected chi connectivity index (χ3v) is 16.9. The van der Waals surface area contributed by atoms with E-state index in [0.29, 0.717) is 38.5 Å². The number of phosphoric ester groups is 2. The molecule has 0 aromatic rings. The summed E-state index contributed by atoms with van der Waals surface area (Å²) < 4.78 is 68.2. The SMILES string of the molecule is CC/C=C\C/C=C\C/C=C\C/C=C\C/C=C\C/C=C\CCC(=O)OCC(COP(=O)(O)OCC(O)COP(=O)(O)OCC(COC(=O)CCCCCCCCCCCCC)OC(=O)CCCCCCCCCCCCC)OC(=O)CCCC/C=C\C/C=C\C/C=C\C/C=C\CC. The molecule has 0 saturated carbocycles. The lowest BCUT2D eigenvalue weighted by Gasteiger charge is -2.21. The third-order valence-electron chi connectivity index (χ3n) is 15.0. The molecule has 0 fully saturated rings. The van der Waals surface area contributed by atoms with Gasteiger partial charge in [-0.2, -0.15) is 0 Å². The normalized spacial score (nSPS) is 14.7. The van der Waals surface area contributed by atoms with E-state index >= 15 is 0 Å². The summed E-state index contributed by atoms with van der Waals surface area (Å²) in [6, 6.07) is 0. The Morgan fingerprint density at radius 2 is 0.562 bits per heavy atom. The number of carbonyl (C=O) groups is 4. The van der Waals surface area contributed by atoms with Crippen molar-refractivity contribution in [1.82, 2.24) is 0 Å². The Balaban J connectivity index is 5.42. The number of hydrogen-bond acceptors (Lipinski definition) is 15. The maximum absolute atomic E-state index is 13.0. The lowest BCUT2D eigenvalue weighted by atomic mass is 10.1. The van der Waals surface area contributed by atoms with Gasteiger partial charge in [-0.3, -0.25) is 37.3 Å². The number of carbonyl (C=O) groups excluding carboxylic acids is 4. The Morgan fingerprint density at radius 3 is 0.896 bits per heavy atom. The van der Waals surface area contributed by atoms with Crippen LogP contribution in [0.25, 0.3) is 0 Å². The van der Waals surface area contributed by atoms with Gasteiger partial charge in [0.1, 0.15) is 19.3 Å². The molecule has 0 bridgehead atoms. The fraction of sp³-hybridized carbons (Fsp3) is 0.688. The van der Waals surface area contributed by atoms with Crippen LogP contribution < -0.4 is 0 Å². The van der Waals surface area contributed by atoms with Crippen molar-refractivity contribution in [1.29, 1.82) is 0 Å². The van der Waals surface area contributed by atoms with Crippen LogP contribution in [0.2, 0.25) is 0 Å². The minimum atomic E-state index is -5.00. The molecule has 0 aliphatic heterocycles. The number of hydrogen-bond donors (Lipinski definition) is 3. The lowest BCUT2D eigenvalue weighted by molar-refractivity contribution is -0.161. The molecule has 17 nitrogen and oxygen atoms in total. The van der Waals surface area contributed by atoms with Crippen LogP contribution in [0.4, 0.5) is 0 Å². The summed E-state index contributed by atoms with van der Waals surface area (Å²) in [5, 5.41) is 10.6. The summed E-state index contributed by atoms with van der Waals surface area (Å²) in [7, 11) is -9.97. The first-order valence-electron chi connectivity index (χ1n) is 36.8. The standard InChI is InChI=1S/C77H130O17P2/c1-5-9-13-17-21-25-29-31-33-34-35-36-38-39-43-46-50-54-58-62-75(80)88-68-73(94-77(82)64-60-56-52-48-44-40-37-32-30-26-22-18-14-10-6-2)70-92-96(85,86)90-66-71(78)65-89-95(83,84)91-69-72(93-76(81)63-59-55-51-47-42-28-24-20-16-12-8-4)67-87-74(79)61-57-53-49-45-41-27-23-19-15-11-7-3/h9-10,13-14,21-22,25-26,31-33,35-37,39,43-44,48,50,54,71-73,78H,5-8,11-12,15-20,23-24,27-30,34,38,40-42,45-47,49,51-53,55-70H2,1-4H3,(H,83,84)(H,85,86)/b13-9-,14-10-,25-21-,26-22-,33-31-,36-35-,37-32-,43-39-,48-44-,54-50-. The molecule has 5 atom stereocenters. The van der Waals surface area contributed by atoms with Crippen molar-refractivity contribution < 1.29 is 80.2 Å². The molecule has 19 heteroatoms. The van der Waals surface area contributed by atoms with E-state index in [9.17, 15) is 43.2 Å². The van der Waals surface area contributed by atoms with Gasteiger partial charge in [0.2, 0.25) is 0 Å². The molecule has 0 amide bonds. The second-order valence-electron chi connectivity index (χ2n) is 24.1. The van der Waals surface area contributed by atoms with Gasteiger partial charge < -0.3 is 33.8 Å². The number of unbranched alkanes of at least 4 members (excludes halogenated alkanes) is 22. The number of aliphatic hydroxyl groups excluding tert-OH is 1. The van der Waals surface area contributed by atoms with Crippen molar-refractivity contribution >= 4 is 39.5 Å². The van der Waals surface area contributed by atoms with E-state index in [0.717, 1.165) is 109 Å². The van der Waals surface area contributed by atoms with E-state index in [1.54, 1.807) is 0 Å². The van der Waals surface area contributed by atoms with Gasteiger partial charge in [-0.25, -0.2) is 9.13 Å². The van der Waals surface area contributed by atoms with E-state index in [1.807, 2.05) is 18.2 Å². The molecule has 3 N–H and O–H groups in total. The summed E-state index contributed by atoms with van der Waals surface area (Å²) in [5.74, 6) is -2.32. The summed E-state index contributed by atoms with van der Waals surface area (Å²) >= 11 is 0. The lowest BCUT2D eigenvalue weighted by Crippen LogP contribution is -2.30. The van der Waals surface area contributed by atoms with E-state index < -0.39 is 97.5 Å². The van der Waals surface area contributed by atoms with Crippen molar-refractivity contribution in [3.63, 3.8) is 0 Å². The van der Waals surface area contributed by atoms with Gasteiger partial charge >= 0.3 is 39.5 Å². The zero-order valence-corrected chi connectivity index (χ0v) is 61.5. The molecule has 0 spiro atoms. The maximum atomic E-state index is 13.0. The number of esters is 4. The van der Waals surface area contributed by atoms with Crippen LogP contribution in [0.5, 0.6) is 0 Å². The predicted molar refractivity (Wildman–Crippen MR) is 390 cm³/mol. The molecule has 0 heterocycles. The highest BCUT2D eigenvalue weighted by atomic mass is 31.2. The molecule has 96 heavy (non-hydrogen) atoms. The topological polar surface area (TPSA) is 237 Å². The average molecular weight is 1390 g/mol. The second kappa shape index (κ2) is 69.0. The van der Waals surface area contributed by atoms with Crippen molar-refractivity contribution in [2.45, 2.75) is 303 Å². The zero-order chi connectivity index (χ0) is 70.4. The van der Waals surface area contributed by atoms with E-state index in [1.165, 1.54) is 83.5 Å². The van der Waals surface area contributed by atoms with E-state index in [4.69, 9.17) is 37.0 Å². The average Bonchev–Trinajstić information content (AvgIpc) is 1.41. The van der Waals surface area contributed by atoms with Crippen LogP contribution in [-0.2, 0) is 65.4 Å². The predicted octanol–water partition coefficient (Wildman–Crippen LogP) is 20.8. The van der Waals surface area contributed by atoms with Crippen LogP contribution in [0.3, 0.4) is 0 Å². The molecule has 0 rings (SSSR count). The van der Waals surface area contributed by atoms with Crippen molar-refractivity contribution in [2.24, 2.45) is 0 Å². The van der Waals surface area contributed by atoms with Gasteiger partial charge in [-0.05, 0) is 103 Å². The third kappa shape index (κ3) is 68.0. The molecule has 0 aliphatic rings. The van der Waals surface area contributed by atoms with E-state index in [-0.39, 0.29) is 25.7 Å². The van der Waals surface area contributed by atoms with Crippen molar-refractivity contribution in [3.05, 3.63) is 122 Å². The molecule has 0 aliphatic carbocycles. The fourth-order valence-corrected chi connectivity index (χ4v) is 11.0. The van der Waals surface area contributed by atoms with Crippen LogP contribution in [0, 0.1) is 0 Å². The highest BCUT2D eigenvalue weighted by Crippen LogP contribution is 2.45. The molecule has 5 unspecified atom stereocenters. The van der Waals surface area contributed by atoms with Gasteiger partial charge in [0.15, 0.2) is 12.2 Å². The fourth-order valence-electron chi connectivity index (χ4n) is 9.41. The minimum Gasteiger partial charge on any atom is -0.462 e. The smallest absolute Gasteiger partial charge is 0.462 e. The number of aliphatic hydroxyl groups is 1. The largest absolute Gasteiger partial charge is 0.472 e. The Hall–Kier alpha value is -4.54. The molecule has 0 radical (unpaired) electrons. The molecule has 0 aromatic carbocycles. The van der Waals surface area contributed by atoms with Crippen LogP contribution >= 0.6 is 15.6 Å². The maximum Gasteiger partial charge on any atom is 0.472 e. The minimum absolute atomic E-state index is 0.0246. The first-order chi connectivity index (χ1) is 46.7. The Bertz CT molecular complexity index is 2300. The first-order valence-corrected chi connectivity index (χ1v) is 39.8. The Morgan fingerprint density at radius 1 is 0.302 bits per heavy atom.